The summed E-state index contributed by atoms with van der Waals surface area (Å²) in [6.07, 6.45) is 2.08. The number of phenolic OH excluding ortho intramolecular Hbond substituents is 1. The average Bonchev–Trinajstić information content (AvgIpc) is 2.20. The van der Waals surface area contributed by atoms with Crippen molar-refractivity contribution in [1.29, 1.82) is 0 Å². The molecule has 0 radical (unpaired) electrons. The molecule has 0 saturated carbocycles. The summed E-state index contributed by atoms with van der Waals surface area (Å²) in [6, 6.07) is 7.29. The monoisotopic (exact) mass is 218 g/mol. The zero-order chi connectivity index (χ0) is 11.7. The van der Waals surface area contributed by atoms with E-state index >= 15 is 0 Å². The first-order valence-corrected chi connectivity index (χ1v) is 6.03. The number of rotatable bonds is 3. The molecule has 15 heavy (non-hydrogen) atoms. The summed E-state index contributed by atoms with van der Waals surface area (Å²) in [7, 11) is 0. The van der Waals surface area contributed by atoms with Gasteiger partial charge in [-0.05, 0) is 6.42 Å². The van der Waals surface area contributed by atoms with Crippen molar-refractivity contribution in [1.82, 2.24) is 0 Å². The van der Waals surface area contributed by atoms with E-state index in [0.29, 0.717) is 12.2 Å². The van der Waals surface area contributed by atoms with E-state index in [9.17, 15) is 4.79 Å². The van der Waals surface area contributed by atoms with Crippen LogP contribution in [0.3, 0.4) is 0 Å². The molecule has 0 unspecified atom stereocenters. The standard InChI is InChI=1S/C6H5O.C5H10O2.Na/c7-6-4-2-1-3-5-6;1-2-3-4-5(6)7;/h2-5,7H;2-4H2,1H3,(H,6,7);. The normalized spacial score (nSPS) is 9.00. The second-order valence-corrected chi connectivity index (χ2v) is 4.49. The molecule has 0 aliphatic carbocycles. The van der Waals surface area contributed by atoms with Gasteiger partial charge in [0, 0.05) is 6.42 Å². The van der Waals surface area contributed by atoms with Gasteiger partial charge in [-0.3, -0.25) is 4.79 Å². The van der Waals surface area contributed by atoms with Crippen molar-refractivity contribution >= 4 is 36.7 Å². The zero-order valence-corrected chi connectivity index (χ0v) is 11.2. The Morgan fingerprint density at radius 1 is 1.33 bits per heavy atom. The van der Waals surface area contributed by atoms with Crippen LogP contribution < -0.4 is 2.81 Å². The quantitative estimate of drug-likeness (QED) is 0.755. The number of carboxylic acid groups (broad SMARTS) is 1. The van der Waals surface area contributed by atoms with Crippen LogP contribution in [0.4, 0.5) is 0 Å². The molecule has 0 heterocycles. The van der Waals surface area contributed by atoms with E-state index in [1.165, 1.54) is 2.81 Å². The molecule has 3 nitrogen and oxygen atoms in total. The maximum atomic E-state index is 9.76. The fourth-order valence-electron chi connectivity index (χ4n) is 0.873. The minimum atomic E-state index is -0.693. The minimum absolute atomic E-state index is 0.316. The van der Waals surface area contributed by atoms with Gasteiger partial charge < -0.3 is 5.11 Å². The number of hydrogen-bond donors (Lipinski definition) is 2. The number of phenols is 1. The Labute approximate surface area is 108 Å². The summed E-state index contributed by atoms with van der Waals surface area (Å²) in [5.74, 6) is -0.341. The summed E-state index contributed by atoms with van der Waals surface area (Å²) in [5.41, 5.74) is 0. The second kappa shape index (κ2) is 8.77. The van der Waals surface area contributed by atoms with Gasteiger partial charge in [0.05, 0.1) is 0 Å². The van der Waals surface area contributed by atoms with E-state index in [-0.39, 0.29) is 0 Å². The Kier molecular flexibility index (Phi) is 8.47. The summed E-state index contributed by atoms with van der Waals surface area (Å²) < 4.78 is 1.31. The van der Waals surface area contributed by atoms with Gasteiger partial charge in [0.15, 0.2) is 0 Å². The number of unbranched alkanes of at least 4 members (excludes halogenated alkanes) is 1. The third-order valence-corrected chi connectivity index (χ3v) is 2.44. The predicted octanol–water partition coefficient (Wildman–Crippen LogP) is 1.45. The van der Waals surface area contributed by atoms with E-state index in [2.05, 4.69) is 0 Å². The molecule has 0 aliphatic heterocycles. The van der Waals surface area contributed by atoms with Crippen molar-refractivity contribution in [3.05, 3.63) is 24.3 Å². The molecule has 78 valence electrons. The molecule has 1 aromatic rings. The van der Waals surface area contributed by atoms with E-state index in [0.717, 1.165) is 40.8 Å². The van der Waals surface area contributed by atoms with Crippen LogP contribution in [0.5, 0.6) is 5.75 Å². The molecule has 1 aromatic carbocycles. The SMILES string of the molecule is CCCCC(=O)O.Oc1cc[c]([Na])cc1. The third-order valence-electron chi connectivity index (χ3n) is 1.78. The zero-order valence-electron chi connectivity index (χ0n) is 9.23. The molecule has 0 aromatic heterocycles. The maximum absolute atomic E-state index is 9.76. The van der Waals surface area contributed by atoms with Gasteiger partial charge in [-0.1, -0.05) is 13.3 Å². The van der Waals surface area contributed by atoms with Gasteiger partial charge in [0.1, 0.15) is 0 Å². The van der Waals surface area contributed by atoms with Gasteiger partial charge in [0.2, 0.25) is 0 Å². The Balaban J connectivity index is 0.000000265. The summed E-state index contributed by atoms with van der Waals surface area (Å²) >= 11 is 1.06. The van der Waals surface area contributed by atoms with E-state index in [1.807, 2.05) is 19.1 Å². The summed E-state index contributed by atoms with van der Waals surface area (Å²) in [5, 5.41) is 16.8. The first-order chi connectivity index (χ1) is 7.06. The van der Waals surface area contributed by atoms with Crippen molar-refractivity contribution in [3.8, 4) is 5.75 Å². The first kappa shape index (κ1) is 14.5. The van der Waals surface area contributed by atoms with Crippen LogP contribution in [0.15, 0.2) is 24.3 Å². The molecule has 0 bridgehead atoms. The number of aliphatic carboxylic acids is 1. The van der Waals surface area contributed by atoms with Crippen LogP contribution >= 0.6 is 0 Å². The average molecular weight is 218 g/mol. The molecule has 2 N–H and O–H groups in total. The molecule has 0 aliphatic rings. The van der Waals surface area contributed by atoms with Crippen LogP contribution in [0.25, 0.3) is 0 Å². The van der Waals surface area contributed by atoms with Crippen molar-refractivity contribution < 1.29 is 15.0 Å². The summed E-state index contributed by atoms with van der Waals surface area (Å²) in [6.45, 7) is 1.98. The van der Waals surface area contributed by atoms with Crippen molar-refractivity contribution in [2.75, 3.05) is 0 Å². The number of hydrogen-bond acceptors (Lipinski definition) is 2. The number of aromatic hydroxyl groups is 1. The first-order valence-electron chi connectivity index (χ1n) is 5.03. The molecule has 0 amide bonds. The third kappa shape index (κ3) is 9.79. The van der Waals surface area contributed by atoms with Crippen LogP contribution in [-0.2, 0) is 4.79 Å². The van der Waals surface area contributed by atoms with Crippen LogP contribution in [0.1, 0.15) is 26.2 Å². The Hall–Kier alpha value is -0.510. The predicted molar refractivity (Wildman–Crippen MR) is 60.7 cm³/mol. The Bertz CT molecular complexity index is 261. The van der Waals surface area contributed by atoms with Crippen LogP contribution in [0.2, 0.25) is 0 Å². The van der Waals surface area contributed by atoms with E-state index in [4.69, 9.17) is 10.2 Å². The molecule has 0 spiro atoms. The van der Waals surface area contributed by atoms with Gasteiger partial charge in [0.25, 0.3) is 0 Å². The summed E-state index contributed by atoms with van der Waals surface area (Å²) in [4.78, 5) is 9.76. The van der Waals surface area contributed by atoms with Gasteiger partial charge in [-0.2, -0.15) is 0 Å². The van der Waals surface area contributed by atoms with Crippen LogP contribution in [-0.4, -0.2) is 44.1 Å². The fourth-order valence-corrected chi connectivity index (χ4v) is 1.21. The number of benzene rings is 1. The van der Waals surface area contributed by atoms with Crippen LogP contribution in [0, 0.1) is 0 Å². The second-order valence-electron chi connectivity index (χ2n) is 3.33. The number of carboxylic acids is 1. The molecule has 0 atom stereocenters. The molecule has 1 rings (SSSR count). The van der Waals surface area contributed by atoms with Crippen molar-refractivity contribution in [3.63, 3.8) is 0 Å². The van der Waals surface area contributed by atoms with E-state index < -0.39 is 5.97 Å². The Morgan fingerprint density at radius 2 is 1.87 bits per heavy atom. The van der Waals surface area contributed by atoms with Gasteiger partial charge in [-0.15, -0.1) is 0 Å². The molecule has 4 heteroatoms. The fraction of sp³-hybridized carbons (Fsp3) is 0.364. The Morgan fingerprint density at radius 3 is 2.13 bits per heavy atom. The van der Waals surface area contributed by atoms with Gasteiger partial charge >= 0.3 is 71.8 Å². The molecule has 0 saturated heterocycles. The molecular formula is C11H15NaO3. The van der Waals surface area contributed by atoms with Gasteiger partial charge in [-0.25, -0.2) is 0 Å². The molecule has 0 fully saturated rings. The topological polar surface area (TPSA) is 57.5 Å². The number of carbonyl (C=O) groups is 1. The molecular weight excluding hydrogens is 203 g/mol. The van der Waals surface area contributed by atoms with Crippen molar-refractivity contribution in [2.24, 2.45) is 0 Å². The van der Waals surface area contributed by atoms with E-state index in [1.54, 1.807) is 12.1 Å². The van der Waals surface area contributed by atoms with Crippen molar-refractivity contribution in [2.45, 2.75) is 26.2 Å².